The van der Waals surface area contributed by atoms with E-state index in [9.17, 15) is 18.0 Å². The molecule has 0 aliphatic carbocycles. The average Bonchev–Trinajstić information content (AvgIpc) is 2.79. The Hall–Kier alpha value is -2.87. The average molecular weight is 488 g/mol. The summed E-state index contributed by atoms with van der Waals surface area (Å²) in [5.41, 5.74) is 3.16. The number of hydrogen-bond acceptors (Lipinski definition) is 4. The highest BCUT2D eigenvalue weighted by atomic mass is 32.2. The van der Waals surface area contributed by atoms with Gasteiger partial charge in [-0.05, 0) is 56.4 Å². The second-order valence-corrected chi connectivity index (χ2v) is 10.6. The molecule has 1 N–H and O–H groups in total. The van der Waals surface area contributed by atoms with Gasteiger partial charge in [-0.3, -0.25) is 13.9 Å². The second-order valence-electron chi connectivity index (χ2n) is 8.70. The van der Waals surface area contributed by atoms with Gasteiger partial charge >= 0.3 is 0 Å². The van der Waals surface area contributed by atoms with Crippen molar-refractivity contribution in [1.29, 1.82) is 0 Å². The van der Waals surface area contributed by atoms with Crippen molar-refractivity contribution in [2.24, 2.45) is 0 Å². The third kappa shape index (κ3) is 7.87. The Labute approximate surface area is 204 Å². The van der Waals surface area contributed by atoms with Gasteiger partial charge in [0.2, 0.25) is 21.8 Å². The molecule has 0 radical (unpaired) electrons. The highest BCUT2D eigenvalue weighted by Crippen LogP contribution is 2.24. The summed E-state index contributed by atoms with van der Waals surface area (Å²) in [4.78, 5) is 27.8. The fourth-order valence-corrected chi connectivity index (χ4v) is 4.59. The van der Waals surface area contributed by atoms with E-state index in [0.29, 0.717) is 25.2 Å². The first kappa shape index (κ1) is 27.4. The van der Waals surface area contributed by atoms with Crippen LogP contribution in [0.3, 0.4) is 0 Å². The number of sulfonamides is 1. The van der Waals surface area contributed by atoms with Crippen LogP contribution in [0, 0.1) is 13.8 Å². The zero-order valence-corrected chi connectivity index (χ0v) is 21.7. The van der Waals surface area contributed by atoms with Crippen molar-refractivity contribution >= 4 is 27.5 Å². The van der Waals surface area contributed by atoms with Gasteiger partial charge in [-0.1, -0.05) is 55.8 Å². The molecule has 0 aliphatic rings. The minimum Gasteiger partial charge on any atom is -0.354 e. The lowest BCUT2D eigenvalue weighted by Crippen LogP contribution is -2.52. The van der Waals surface area contributed by atoms with Gasteiger partial charge in [-0.15, -0.1) is 0 Å². The van der Waals surface area contributed by atoms with Crippen LogP contribution >= 0.6 is 0 Å². The Morgan fingerprint density at radius 2 is 1.74 bits per heavy atom. The minimum atomic E-state index is -3.73. The van der Waals surface area contributed by atoms with Crippen molar-refractivity contribution < 1.29 is 18.0 Å². The van der Waals surface area contributed by atoms with Crippen molar-refractivity contribution in [2.75, 3.05) is 30.2 Å². The maximum Gasteiger partial charge on any atom is 0.244 e. The number of amides is 2. The molecule has 2 aromatic carbocycles. The third-order valence-electron chi connectivity index (χ3n) is 5.79. The lowest BCUT2D eigenvalue weighted by Gasteiger charge is -2.32. The molecule has 0 bridgehead atoms. The van der Waals surface area contributed by atoms with Crippen LogP contribution in [-0.4, -0.2) is 57.1 Å². The van der Waals surface area contributed by atoms with Crippen molar-refractivity contribution in [3.8, 4) is 0 Å². The molecule has 0 heterocycles. The minimum absolute atomic E-state index is 0.243. The number of nitrogens with zero attached hydrogens (tertiary/aromatic N) is 2. The van der Waals surface area contributed by atoms with Crippen LogP contribution in [0.1, 0.15) is 43.4 Å². The van der Waals surface area contributed by atoms with Crippen molar-refractivity contribution in [2.45, 2.75) is 53.0 Å². The molecule has 2 amide bonds. The van der Waals surface area contributed by atoms with Crippen LogP contribution in [0.2, 0.25) is 0 Å². The van der Waals surface area contributed by atoms with Gasteiger partial charge in [-0.2, -0.15) is 0 Å². The molecular weight excluding hydrogens is 450 g/mol. The van der Waals surface area contributed by atoms with E-state index < -0.39 is 22.0 Å². The van der Waals surface area contributed by atoms with Crippen LogP contribution < -0.4 is 9.62 Å². The van der Waals surface area contributed by atoms with Gasteiger partial charge in [0.25, 0.3) is 0 Å². The summed E-state index contributed by atoms with van der Waals surface area (Å²) < 4.78 is 26.5. The molecule has 34 heavy (non-hydrogen) atoms. The molecule has 0 aliphatic heterocycles. The maximum atomic E-state index is 13.5. The molecule has 0 unspecified atom stereocenters. The molecule has 0 saturated heterocycles. The molecule has 186 valence electrons. The maximum absolute atomic E-state index is 13.5. The molecule has 0 spiro atoms. The first-order valence-corrected chi connectivity index (χ1v) is 13.6. The fraction of sp³-hybridized carbons (Fsp3) is 0.462. The molecule has 2 aromatic rings. The number of benzene rings is 2. The molecule has 0 saturated carbocycles. The van der Waals surface area contributed by atoms with Crippen LogP contribution in [-0.2, 0) is 26.0 Å². The monoisotopic (exact) mass is 487 g/mol. The van der Waals surface area contributed by atoms with Crippen LogP contribution in [0.15, 0.2) is 48.5 Å². The van der Waals surface area contributed by atoms with Gasteiger partial charge in [0.15, 0.2) is 0 Å². The van der Waals surface area contributed by atoms with Gasteiger partial charge in [-0.25, -0.2) is 8.42 Å². The molecule has 0 fully saturated rings. The number of carbonyl (C=O) groups excluding carboxylic acids is 2. The van der Waals surface area contributed by atoms with Crippen LogP contribution in [0.25, 0.3) is 0 Å². The lowest BCUT2D eigenvalue weighted by molar-refractivity contribution is -0.138. The largest absolute Gasteiger partial charge is 0.354 e. The first-order chi connectivity index (χ1) is 16.0. The smallest absolute Gasteiger partial charge is 0.244 e. The molecular formula is C26H37N3O4S. The summed E-state index contributed by atoms with van der Waals surface area (Å²) in [5.74, 6) is -0.659. The van der Waals surface area contributed by atoms with Gasteiger partial charge in [0.05, 0.1) is 11.9 Å². The number of anilines is 1. The summed E-state index contributed by atoms with van der Waals surface area (Å²) in [7, 11) is -3.73. The number of nitrogens with one attached hydrogen (secondary N) is 1. The summed E-state index contributed by atoms with van der Waals surface area (Å²) in [6.45, 7) is 7.89. The third-order valence-corrected chi connectivity index (χ3v) is 6.92. The molecule has 1 atom stereocenters. The van der Waals surface area contributed by atoms with E-state index in [1.54, 1.807) is 13.0 Å². The highest BCUT2D eigenvalue weighted by molar-refractivity contribution is 7.92. The van der Waals surface area contributed by atoms with Gasteiger partial charge in [0, 0.05) is 13.1 Å². The summed E-state index contributed by atoms with van der Waals surface area (Å²) in [5, 5.41) is 2.88. The van der Waals surface area contributed by atoms with Crippen molar-refractivity contribution in [3.05, 3.63) is 65.2 Å². The van der Waals surface area contributed by atoms with Crippen LogP contribution in [0.4, 0.5) is 5.69 Å². The molecule has 8 heteroatoms. The quantitative estimate of drug-likeness (QED) is 0.465. The number of hydrogen-bond donors (Lipinski definition) is 1. The van der Waals surface area contributed by atoms with E-state index in [1.807, 2.05) is 63.2 Å². The Bertz CT molecular complexity index is 1070. The Morgan fingerprint density at radius 3 is 2.35 bits per heavy atom. The van der Waals surface area contributed by atoms with E-state index >= 15 is 0 Å². The Morgan fingerprint density at radius 1 is 1.06 bits per heavy atom. The predicted molar refractivity (Wildman–Crippen MR) is 137 cm³/mol. The van der Waals surface area contributed by atoms with E-state index in [2.05, 4.69) is 5.32 Å². The molecule has 0 aromatic heterocycles. The molecule has 7 nitrogen and oxygen atoms in total. The Kier molecular flexibility index (Phi) is 10.1. The summed E-state index contributed by atoms with van der Waals surface area (Å²) >= 11 is 0. The Balaban J connectivity index is 2.31. The van der Waals surface area contributed by atoms with E-state index in [0.717, 1.165) is 40.1 Å². The molecule has 2 rings (SSSR count). The first-order valence-electron chi connectivity index (χ1n) is 11.7. The summed E-state index contributed by atoms with van der Waals surface area (Å²) in [6, 6.07) is 14.5. The SMILES string of the molecule is CCCCNC(=O)[C@H](C)N(CCc1ccccc1)C(=O)CN(c1cc(C)ccc1C)S(C)(=O)=O. The normalized spacial score (nSPS) is 12.1. The van der Waals surface area contributed by atoms with Gasteiger partial charge < -0.3 is 10.2 Å². The second kappa shape index (κ2) is 12.6. The lowest BCUT2D eigenvalue weighted by atomic mass is 10.1. The zero-order valence-electron chi connectivity index (χ0n) is 20.9. The van der Waals surface area contributed by atoms with E-state index in [4.69, 9.17) is 0 Å². The standard InChI is InChI=1S/C26H37N3O4S/c1-6-7-16-27-26(31)22(4)28(17-15-23-11-9-8-10-12-23)25(30)19-29(34(5,32)33)24-18-20(2)13-14-21(24)3/h8-14,18,22H,6-7,15-17,19H2,1-5H3,(H,27,31)/t22-/m0/s1. The zero-order chi connectivity index (χ0) is 25.3. The number of unbranched alkanes of at least 4 members (excludes halogenated alkanes) is 1. The highest BCUT2D eigenvalue weighted by Gasteiger charge is 2.30. The van der Waals surface area contributed by atoms with E-state index in [1.165, 1.54) is 4.90 Å². The number of aryl methyl sites for hydroxylation is 2. The van der Waals surface area contributed by atoms with Crippen molar-refractivity contribution in [3.63, 3.8) is 0 Å². The van der Waals surface area contributed by atoms with E-state index in [-0.39, 0.29) is 12.5 Å². The number of carbonyl (C=O) groups is 2. The predicted octanol–water partition coefficient (Wildman–Crippen LogP) is 3.45. The topological polar surface area (TPSA) is 86.8 Å². The number of rotatable bonds is 12. The summed E-state index contributed by atoms with van der Waals surface area (Å²) in [6.07, 6.45) is 3.45. The fourth-order valence-electron chi connectivity index (χ4n) is 3.69. The van der Waals surface area contributed by atoms with Crippen molar-refractivity contribution in [1.82, 2.24) is 10.2 Å². The van der Waals surface area contributed by atoms with Crippen LogP contribution in [0.5, 0.6) is 0 Å². The van der Waals surface area contributed by atoms with Gasteiger partial charge in [0.1, 0.15) is 12.6 Å².